The van der Waals surface area contributed by atoms with E-state index < -0.39 is 5.60 Å². The third kappa shape index (κ3) is 2.09. The van der Waals surface area contributed by atoms with Gasteiger partial charge in [0.2, 0.25) is 0 Å². The Morgan fingerprint density at radius 3 is 2.84 bits per heavy atom. The molecule has 5 aliphatic rings. The van der Waals surface area contributed by atoms with Crippen LogP contribution in [0.4, 0.5) is 5.69 Å². The normalized spacial score (nSPS) is 41.9. The second kappa shape index (κ2) is 5.53. The second-order valence-electron chi connectivity index (χ2n) is 8.11. The summed E-state index contributed by atoms with van der Waals surface area (Å²) in [5.74, 6) is 0.484. The van der Waals surface area contributed by atoms with Crippen LogP contribution in [0.3, 0.4) is 0 Å². The Hall–Kier alpha value is -1.43. The van der Waals surface area contributed by atoms with Gasteiger partial charge in [-0.05, 0) is 36.5 Å². The van der Waals surface area contributed by atoms with Crippen LogP contribution in [0, 0.1) is 17.8 Å². The molecule has 2 saturated heterocycles. The van der Waals surface area contributed by atoms with E-state index in [0.717, 1.165) is 24.2 Å². The van der Waals surface area contributed by atoms with E-state index in [1.54, 1.807) is 0 Å². The SMILES string of the molecule is O=C1CC2C3CCN(c4ccc(CCO)cc4)C3C1C1OCCC21O. The summed E-state index contributed by atoms with van der Waals surface area (Å²) in [7, 11) is 0. The first kappa shape index (κ1) is 15.8. The van der Waals surface area contributed by atoms with Crippen molar-refractivity contribution in [3.05, 3.63) is 29.8 Å². The highest BCUT2D eigenvalue weighted by atomic mass is 16.5. The fourth-order valence-corrected chi connectivity index (χ4v) is 6.06. The summed E-state index contributed by atoms with van der Waals surface area (Å²) in [6, 6.07) is 8.47. The number of carbonyl (C=O) groups is 1. The highest BCUT2D eigenvalue weighted by Gasteiger charge is 2.68. The van der Waals surface area contributed by atoms with E-state index in [-0.39, 0.29) is 36.4 Å². The maximum absolute atomic E-state index is 12.8. The highest BCUT2D eigenvalue weighted by molar-refractivity contribution is 5.86. The number of hydrogen-bond acceptors (Lipinski definition) is 5. The van der Waals surface area contributed by atoms with Crippen molar-refractivity contribution < 1.29 is 19.7 Å². The number of carbonyl (C=O) groups excluding carboxylic acids is 1. The van der Waals surface area contributed by atoms with Crippen LogP contribution >= 0.6 is 0 Å². The molecule has 6 atom stereocenters. The van der Waals surface area contributed by atoms with E-state index in [9.17, 15) is 9.90 Å². The van der Waals surface area contributed by atoms with Crippen molar-refractivity contribution in [2.45, 2.75) is 43.4 Å². The van der Waals surface area contributed by atoms with Gasteiger partial charge in [0.05, 0.1) is 17.6 Å². The number of fused-ring (bicyclic) bond motifs is 1. The van der Waals surface area contributed by atoms with Gasteiger partial charge in [0.15, 0.2) is 0 Å². The summed E-state index contributed by atoms with van der Waals surface area (Å²) in [5.41, 5.74) is 1.47. The number of aliphatic hydroxyl groups excluding tert-OH is 1. The summed E-state index contributed by atoms with van der Waals surface area (Å²) in [4.78, 5) is 15.1. The Kier molecular flexibility index (Phi) is 3.50. The van der Waals surface area contributed by atoms with Crippen molar-refractivity contribution in [1.29, 1.82) is 0 Å². The summed E-state index contributed by atoms with van der Waals surface area (Å²) in [6.07, 6.45) is 2.57. The summed E-state index contributed by atoms with van der Waals surface area (Å²) < 4.78 is 5.88. The first-order valence-corrected chi connectivity index (χ1v) is 9.46. The molecule has 0 spiro atoms. The molecule has 2 heterocycles. The standard InChI is InChI=1S/C20H25NO4/c22-9-6-12-1-3-13(4-2-12)21-8-5-14-15-11-16(23)17(18(14)21)19-20(15,24)7-10-25-19/h1-4,14-15,17-19,22,24H,5-11H2. The van der Waals surface area contributed by atoms with E-state index in [1.165, 1.54) is 0 Å². The third-order valence-electron chi connectivity index (χ3n) is 7.11. The van der Waals surface area contributed by atoms with Gasteiger partial charge in [0, 0.05) is 50.2 Å². The molecule has 6 rings (SSSR count). The minimum absolute atomic E-state index is 0.0427. The summed E-state index contributed by atoms with van der Waals surface area (Å²) in [6.45, 7) is 1.65. The van der Waals surface area contributed by atoms with E-state index in [2.05, 4.69) is 29.2 Å². The van der Waals surface area contributed by atoms with Crippen LogP contribution in [-0.2, 0) is 16.0 Å². The molecule has 5 heteroatoms. The lowest BCUT2D eigenvalue weighted by Crippen LogP contribution is -2.69. The highest BCUT2D eigenvalue weighted by Crippen LogP contribution is 2.58. The van der Waals surface area contributed by atoms with Crippen LogP contribution in [0.25, 0.3) is 0 Å². The molecule has 1 aromatic carbocycles. The van der Waals surface area contributed by atoms with Crippen LogP contribution in [0.5, 0.6) is 0 Å². The van der Waals surface area contributed by atoms with E-state index >= 15 is 0 Å². The Morgan fingerprint density at radius 1 is 1.28 bits per heavy atom. The zero-order valence-corrected chi connectivity index (χ0v) is 14.3. The van der Waals surface area contributed by atoms with Gasteiger partial charge in [-0.15, -0.1) is 0 Å². The van der Waals surface area contributed by atoms with Crippen molar-refractivity contribution in [2.75, 3.05) is 24.7 Å². The number of rotatable bonds is 3. The van der Waals surface area contributed by atoms with Gasteiger partial charge in [-0.1, -0.05) is 12.1 Å². The number of aliphatic hydroxyl groups is 2. The summed E-state index contributed by atoms with van der Waals surface area (Å²) >= 11 is 0. The van der Waals surface area contributed by atoms with Crippen LogP contribution < -0.4 is 4.90 Å². The monoisotopic (exact) mass is 343 g/mol. The molecule has 5 nitrogen and oxygen atoms in total. The number of benzene rings is 1. The zero-order chi connectivity index (χ0) is 17.2. The maximum atomic E-state index is 12.8. The van der Waals surface area contributed by atoms with Crippen LogP contribution in [-0.4, -0.2) is 53.5 Å². The molecule has 134 valence electrons. The van der Waals surface area contributed by atoms with Gasteiger partial charge in [-0.2, -0.15) is 0 Å². The van der Waals surface area contributed by atoms with Gasteiger partial charge >= 0.3 is 0 Å². The average Bonchev–Trinajstić information content (AvgIpc) is 3.21. The van der Waals surface area contributed by atoms with Crippen molar-refractivity contribution in [1.82, 2.24) is 0 Å². The maximum Gasteiger partial charge on any atom is 0.141 e. The Bertz CT molecular complexity index is 689. The van der Waals surface area contributed by atoms with Crippen molar-refractivity contribution in [3.63, 3.8) is 0 Å². The Labute approximate surface area is 147 Å². The predicted molar refractivity (Wildman–Crippen MR) is 92.4 cm³/mol. The fourth-order valence-electron chi connectivity index (χ4n) is 6.06. The lowest BCUT2D eigenvalue weighted by Gasteiger charge is -2.56. The zero-order valence-electron chi connectivity index (χ0n) is 14.3. The number of nitrogens with zero attached hydrogens (tertiary/aromatic N) is 1. The molecule has 0 amide bonds. The molecule has 3 saturated carbocycles. The van der Waals surface area contributed by atoms with Gasteiger partial charge in [0.1, 0.15) is 5.78 Å². The Morgan fingerprint density at radius 2 is 2.08 bits per heavy atom. The fraction of sp³-hybridized carbons (Fsp3) is 0.650. The molecule has 0 aromatic heterocycles. The molecule has 3 aliphatic carbocycles. The lowest BCUT2D eigenvalue weighted by molar-refractivity contribution is -0.186. The third-order valence-corrected chi connectivity index (χ3v) is 7.11. The molecule has 2 N–H and O–H groups in total. The molecule has 0 radical (unpaired) electrons. The number of hydrogen-bond donors (Lipinski definition) is 2. The van der Waals surface area contributed by atoms with E-state index in [0.29, 0.717) is 31.8 Å². The molecule has 25 heavy (non-hydrogen) atoms. The molecule has 2 bridgehead atoms. The molecule has 2 aliphatic heterocycles. The molecule has 6 unspecified atom stereocenters. The van der Waals surface area contributed by atoms with Crippen LogP contribution in [0.15, 0.2) is 24.3 Å². The molecular weight excluding hydrogens is 318 g/mol. The smallest absolute Gasteiger partial charge is 0.141 e. The predicted octanol–water partition coefficient (Wildman–Crippen LogP) is 1.16. The van der Waals surface area contributed by atoms with E-state index in [4.69, 9.17) is 9.84 Å². The summed E-state index contributed by atoms with van der Waals surface area (Å²) in [5, 5.41) is 20.3. The number of anilines is 1. The van der Waals surface area contributed by atoms with E-state index in [1.807, 2.05) is 0 Å². The van der Waals surface area contributed by atoms with Crippen LogP contribution in [0.2, 0.25) is 0 Å². The first-order valence-electron chi connectivity index (χ1n) is 9.46. The number of Topliss-reactive ketones (excluding diaryl/α,β-unsaturated/α-hetero) is 1. The van der Waals surface area contributed by atoms with Gasteiger partial charge in [0.25, 0.3) is 0 Å². The largest absolute Gasteiger partial charge is 0.396 e. The molecule has 5 fully saturated rings. The van der Waals surface area contributed by atoms with Crippen molar-refractivity contribution >= 4 is 11.5 Å². The quantitative estimate of drug-likeness (QED) is 0.862. The second-order valence-corrected chi connectivity index (χ2v) is 8.11. The van der Waals surface area contributed by atoms with Gasteiger partial charge < -0.3 is 19.8 Å². The minimum atomic E-state index is -0.791. The van der Waals surface area contributed by atoms with Crippen molar-refractivity contribution in [3.8, 4) is 0 Å². The number of ether oxygens (including phenoxy) is 1. The topological polar surface area (TPSA) is 70.0 Å². The number of ketones is 1. The van der Waals surface area contributed by atoms with Gasteiger partial charge in [-0.3, -0.25) is 4.79 Å². The van der Waals surface area contributed by atoms with Crippen LogP contribution in [0.1, 0.15) is 24.8 Å². The Balaban J connectivity index is 1.49. The van der Waals surface area contributed by atoms with Crippen molar-refractivity contribution in [2.24, 2.45) is 17.8 Å². The lowest BCUT2D eigenvalue weighted by atomic mass is 9.53. The van der Waals surface area contributed by atoms with Gasteiger partial charge in [-0.25, -0.2) is 0 Å². The minimum Gasteiger partial charge on any atom is -0.396 e. The first-order chi connectivity index (χ1) is 12.1. The average molecular weight is 343 g/mol. The molecular formula is C20H25NO4. The molecule has 1 aromatic rings.